The summed E-state index contributed by atoms with van der Waals surface area (Å²) in [7, 11) is 1.63. The summed E-state index contributed by atoms with van der Waals surface area (Å²) >= 11 is 0. The van der Waals surface area contributed by atoms with E-state index in [0.717, 1.165) is 5.56 Å². The zero-order chi connectivity index (χ0) is 8.27. The van der Waals surface area contributed by atoms with E-state index in [9.17, 15) is 4.39 Å². The number of halogens is 1. The molecular weight excluding hydrogens is 143 g/mol. The fraction of sp³-hybridized carbons (Fsp3) is 0.333. The second-order valence-electron chi connectivity index (χ2n) is 2.43. The molecule has 0 saturated heterocycles. The van der Waals surface area contributed by atoms with Crippen molar-refractivity contribution in [2.24, 2.45) is 0 Å². The van der Waals surface area contributed by atoms with Gasteiger partial charge in [-0.3, -0.25) is 0 Å². The molecule has 2 heteroatoms. The minimum Gasteiger partial charge on any atom is -0.377 e. The van der Waals surface area contributed by atoms with E-state index in [-0.39, 0.29) is 11.9 Å². The molecule has 0 N–H and O–H groups in total. The van der Waals surface area contributed by atoms with E-state index in [1.54, 1.807) is 19.2 Å². The Morgan fingerprint density at radius 1 is 1.27 bits per heavy atom. The zero-order valence-corrected chi connectivity index (χ0v) is 6.67. The van der Waals surface area contributed by atoms with Crippen LogP contribution in [0.2, 0.25) is 0 Å². The average Bonchev–Trinajstić information content (AvgIpc) is 2.05. The van der Waals surface area contributed by atoms with Crippen LogP contribution in [0.1, 0.15) is 18.6 Å². The van der Waals surface area contributed by atoms with Crippen molar-refractivity contribution in [1.82, 2.24) is 0 Å². The highest BCUT2D eigenvalue weighted by Gasteiger charge is 2.01. The van der Waals surface area contributed by atoms with E-state index in [1.165, 1.54) is 12.1 Å². The van der Waals surface area contributed by atoms with Gasteiger partial charge in [-0.1, -0.05) is 12.1 Å². The molecule has 11 heavy (non-hydrogen) atoms. The van der Waals surface area contributed by atoms with Crippen molar-refractivity contribution in [2.45, 2.75) is 13.0 Å². The van der Waals surface area contributed by atoms with Crippen molar-refractivity contribution in [1.29, 1.82) is 0 Å². The molecule has 1 aromatic carbocycles. The van der Waals surface area contributed by atoms with E-state index >= 15 is 0 Å². The smallest absolute Gasteiger partial charge is 0.123 e. The van der Waals surface area contributed by atoms with Crippen molar-refractivity contribution in [3.63, 3.8) is 0 Å². The molecule has 0 amide bonds. The maximum Gasteiger partial charge on any atom is 0.123 e. The van der Waals surface area contributed by atoms with Crippen LogP contribution in [0.3, 0.4) is 0 Å². The Balaban J connectivity index is 2.81. The highest BCUT2D eigenvalue weighted by Crippen LogP contribution is 2.15. The maximum absolute atomic E-state index is 12.4. The molecule has 0 aliphatic heterocycles. The van der Waals surface area contributed by atoms with Gasteiger partial charge in [-0.05, 0) is 24.6 Å². The molecule has 0 aliphatic rings. The Kier molecular flexibility index (Phi) is 2.60. The van der Waals surface area contributed by atoms with Crippen LogP contribution in [0.15, 0.2) is 24.3 Å². The van der Waals surface area contributed by atoms with Crippen molar-refractivity contribution >= 4 is 0 Å². The molecule has 0 aromatic heterocycles. The Labute approximate surface area is 65.8 Å². The van der Waals surface area contributed by atoms with Crippen LogP contribution >= 0.6 is 0 Å². The molecule has 1 nitrogen and oxygen atoms in total. The van der Waals surface area contributed by atoms with Gasteiger partial charge in [0.25, 0.3) is 0 Å². The van der Waals surface area contributed by atoms with Gasteiger partial charge in [0.1, 0.15) is 5.82 Å². The summed E-state index contributed by atoms with van der Waals surface area (Å²) in [5, 5.41) is 0. The number of hydrogen-bond donors (Lipinski definition) is 0. The quantitative estimate of drug-likeness (QED) is 0.636. The van der Waals surface area contributed by atoms with Gasteiger partial charge < -0.3 is 4.74 Å². The molecule has 1 aromatic rings. The second kappa shape index (κ2) is 3.49. The van der Waals surface area contributed by atoms with E-state index in [1.807, 2.05) is 6.92 Å². The molecule has 0 bridgehead atoms. The largest absolute Gasteiger partial charge is 0.377 e. The molecule has 1 unspecified atom stereocenters. The molecule has 0 saturated carbocycles. The van der Waals surface area contributed by atoms with Gasteiger partial charge in [-0.15, -0.1) is 0 Å². The summed E-state index contributed by atoms with van der Waals surface area (Å²) in [6.45, 7) is 1.92. The van der Waals surface area contributed by atoms with E-state index < -0.39 is 0 Å². The Morgan fingerprint density at radius 3 is 2.27 bits per heavy atom. The first-order valence-electron chi connectivity index (χ1n) is 3.52. The zero-order valence-electron chi connectivity index (χ0n) is 6.67. The Morgan fingerprint density at radius 2 is 1.82 bits per heavy atom. The predicted octanol–water partition coefficient (Wildman–Crippen LogP) is 2.53. The second-order valence-corrected chi connectivity index (χ2v) is 2.43. The molecule has 60 valence electrons. The number of methoxy groups -OCH3 is 1. The molecule has 0 aliphatic carbocycles. The molecule has 0 radical (unpaired) electrons. The Bertz CT molecular complexity index is 218. The maximum atomic E-state index is 12.4. The van der Waals surface area contributed by atoms with Crippen molar-refractivity contribution in [3.8, 4) is 0 Å². The van der Waals surface area contributed by atoms with Crippen LogP contribution in [-0.4, -0.2) is 7.11 Å². The number of ether oxygens (including phenoxy) is 1. The summed E-state index contributed by atoms with van der Waals surface area (Å²) in [6.07, 6.45) is 0.0376. The molecule has 1 rings (SSSR count). The lowest BCUT2D eigenvalue weighted by molar-refractivity contribution is 0.119. The summed E-state index contributed by atoms with van der Waals surface area (Å²) < 4.78 is 17.5. The first-order valence-corrected chi connectivity index (χ1v) is 3.52. The SMILES string of the molecule is COC(C)c1ccc(F)cc1. The summed E-state index contributed by atoms with van der Waals surface area (Å²) in [4.78, 5) is 0. The van der Waals surface area contributed by atoms with Crippen LogP contribution in [0, 0.1) is 5.82 Å². The third kappa shape index (κ3) is 2.02. The van der Waals surface area contributed by atoms with Crippen LogP contribution in [0.5, 0.6) is 0 Å². The highest BCUT2D eigenvalue weighted by molar-refractivity contribution is 5.17. The van der Waals surface area contributed by atoms with Crippen LogP contribution < -0.4 is 0 Å². The summed E-state index contributed by atoms with van der Waals surface area (Å²) in [6, 6.07) is 6.32. The van der Waals surface area contributed by atoms with Crippen molar-refractivity contribution in [3.05, 3.63) is 35.6 Å². The molecule has 0 spiro atoms. The van der Waals surface area contributed by atoms with Crippen molar-refractivity contribution in [2.75, 3.05) is 7.11 Å². The molecule has 1 atom stereocenters. The minimum absolute atomic E-state index is 0.0376. The first-order chi connectivity index (χ1) is 5.24. The van der Waals surface area contributed by atoms with Crippen LogP contribution in [-0.2, 0) is 4.74 Å². The summed E-state index contributed by atoms with van der Waals surface area (Å²) in [5.74, 6) is -0.211. The first kappa shape index (κ1) is 8.21. The molecule has 0 heterocycles. The molecule has 0 fully saturated rings. The standard InChI is InChI=1S/C9H11FO/c1-7(11-2)8-3-5-9(10)6-4-8/h3-7H,1-2H3. The van der Waals surface area contributed by atoms with Gasteiger partial charge in [-0.25, -0.2) is 4.39 Å². The van der Waals surface area contributed by atoms with Crippen molar-refractivity contribution < 1.29 is 9.13 Å². The normalized spacial score (nSPS) is 13.0. The van der Waals surface area contributed by atoms with Crippen LogP contribution in [0.25, 0.3) is 0 Å². The van der Waals surface area contributed by atoms with Gasteiger partial charge in [0.05, 0.1) is 6.10 Å². The molecular formula is C9H11FO. The minimum atomic E-state index is -0.211. The average molecular weight is 154 g/mol. The topological polar surface area (TPSA) is 9.23 Å². The van der Waals surface area contributed by atoms with Gasteiger partial charge in [0.2, 0.25) is 0 Å². The van der Waals surface area contributed by atoms with E-state index in [0.29, 0.717) is 0 Å². The van der Waals surface area contributed by atoms with Gasteiger partial charge >= 0.3 is 0 Å². The van der Waals surface area contributed by atoms with E-state index in [2.05, 4.69) is 0 Å². The number of hydrogen-bond acceptors (Lipinski definition) is 1. The lowest BCUT2D eigenvalue weighted by Crippen LogP contribution is -1.94. The van der Waals surface area contributed by atoms with E-state index in [4.69, 9.17) is 4.74 Å². The van der Waals surface area contributed by atoms with Crippen LogP contribution in [0.4, 0.5) is 4.39 Å². The van der Waals surface area contributed by atoms with Gasteiger partial charge in [-0.2, -0.15) is 0 Å². The third-order valence-corrected chi connectivity index (χ3v) is 1.69. The fourth-order valence-electron chi connectivity index (χ4n) is 0.870. The lowest BCUT2D eigenvalue weighted by atomic mass is 10.1. The van der Waals surface area contributed by atoms with Gasteiger partial charge in [0.15, 0.2) is 0 Å². The predicted molar refractivity (Wildman–Crippen MR) is 41.8 cm³/mol. The Hall–Kier alpha value is -0.890. The van der Waals surface area contributed by atoms with Gasteiger partial charge in [0, 0.05) is 7.11 Å². The lowest BCUT2D eigenvalue weighted by Gasteiger charge is -2.08. The monoisotopic (exact) mass is 154 g/mol. The number of rotatable bonds is 2. The number of benzene rings is 1. The third-order valence-electron chi connectivity index (χ3n) is 1.69. The fourth-order valence-corrected chi connectivity index (χ4v) is 0.870. The summed E-state index contributed by atoms with van der Waals surface area (Å²) in [5.41, 5.74) is 0.994. The highest BCUT2D eigenvalue weighted by atomic mass is 19.1.